The maximum atomic E-state index is 12.5. The minimum atomic E-state index is -3.48. The smallest absolute Gasteiger partial charge is 0.244 e. The van der Waals surface area contributed by atoms with Crippen LogP contribution < -0.4 is 5.32 Å². The minimum absolute atomic E-state index is 0.156. The van der Waals surface area contributed by atoms with E-state index in [-0.39, 0.29) is 16.8 Å². The third-order valence-corrected chi connectivity index (χ3v) is 6.70. The van der Waals surface area contributed by atoms with Crippen molar-refractivity contribution in [2.75, 3.05) is 13.1 Å². The Hall–Kier alpha value is -2.15. The molecule has 2 rings (SSSR count). The number of sulfonamides is 1. The van der Waals surface area contributed by atoms with Crippen LogP contribution in [-0.2, 0) is 14.8 Å². The van der Waals surface area contributed by atoms with E-state index in [1.54, 1.807) is 42.5 Å². The van der Waals surface area contributed by atoms with Gasteiger partial charge in [0.15, 0.2) is 0 Å². The zero-order valence-electron chi connectivity index (χ0n) is 16.2. The lowest BCUT2D eigenvalue weighted by atomic mass is 10.1. The summed E-state index contributed by atoms with van der Waals surface area (Å²) in [4.78, 5) is 12.4. The summed E-state index contributed by atoms with van der Waals surface area (Å²) < 4.78 is 26.4. The summed E-state index contributed by atoms with van der Waals surface area (Å²) in [6.45, 7) is 6.35. The van der Waals surface area contributed by atoms with E-state index in [1.807, 2.05) is 32.9 Å². The van der Waals surface area contributed by atoms with Crippen molar-refractivity contribution in [2.24, 2.45) is 0 Å². The molecule has 0 fully saturated rings. The van der Waals surface area contributed by atoms with Crippen LogP contribution in [0.2, 0.25) is 5.02 Å². The molecule has 7 heteroatoms. The molecule has 0 bridgehead atoms. The SMILES string of the molecule is CCN(CC)S(=O)(=O)c1ccc(/C=C/C(=O)NC(C)c2ccc(Cl)cc2)cc1. The van der Waals surface area contributed by atoms with Crippen molar-refractivity contribution < 1.29 is 13.2 Å². The monoisotopic (exact) mass is 420 g/mol. The summed E-state index contributed by atoms with van der Waals surface area (Å²) in [6.07, 6.45) is 3.08. The second-order valence-corrected chi connectivity index (χ2v) is 8.65. The lowest BCUT2D eigenvalue weighted by molar-refractivity contribution is -0.117. The van der Waals surface area contributed by atoms with E-state index in [9.17, 15) is 13.2 Å². The number of hydrogen-bond acceptors (Lipinski definition) is 3. The first-order valence-corrected chi connectivity index (χ1v) is 10.9. The van der Waals surface area contributed by atoms with Crippen LogP contribution in [0.3, 0.4) is 0 Å². The summed E-state index contributed by atoms with van der Waals surface area (Å²) in [5, 5.41) is 3.53. The van der Waals surface area contributed by atoms with E-state index in [4.69, 9.17) is 11.6 Å². The predicted octanol–water partition coefficient (Wildman–Crippen LogP) is 4.26. The standard InChI is InChI=1S/C21H25ClN2O3S/c1-4-24(5-2)28(26,27)20-13-6-17(7-14-20)8-15-21(25)23-16(3)18-9-11-19(22)12-10-18/h6-16H,4-5H2,1-3H3,(H,23,25)/b15-8+. The van der Waals surface area contributed by atoms with Crippen LogP contribution >= 0.6 is 11.6 Å². The Kier molecular flexibility index (Phi) is 7.80. The molecule has 1 unspecified atom stereocenters. The summed E-state index contributed by atoms with van der Waals surface area (Å²) in [7, 11) is -3.48. The maximum Gasteiger partial charge on any atom is 0.244 e. The number of carbonyl (C=O) groups excluding carboxylic acids is 1. The van der Waals surface area contributed by atoms with Crippen LogP contribution in [0.4, 0.5) is 0 Å². The third-order valence-electron chi connectivity index (χ3n) is 4.38. The molecule has 28 heavy (non-hydrogen) atoms. The van der Waals surface area contributed by atoms with Crippen LogP contribution in [0.1, 0.15) is 37.9 Å². The van der Waals surface area contributed by atoms with Crippen LogP contribution in [0.25, 0.3) is 6.08 Å². The molecule has 0 radical (unpaired) electrons. The Morgan fingerprint density at radius 1 is 1.07 bits per heavy atom. The van der Waals surface area contributed by atoms with Crippen molar-refractivity contribution in [1.29, 1.82) is 0 Å². The van der Waals surface area contributed by atoms with Gasteiger partial charge < -0.3 is 5.32 Å². The zero-order chi connectivity index (χ0) is 20.7. The van der Waals surface area contributed by atoms with Crippen molar-refractivity contribution in [3.8, 4) is 0 Å². The van der Waals surface area contributed by atoms with E-state index in [2.05, 4.69) is 5.32 Å². The predicted molar refractivity (Wildman–Crippen MR) is 114 cm³/mol. The second-order valence-electron chi connectivity index (χ2n) is 6.27. The Morgan fingerprint density at radius 2 is 1.64 bits per heavy atom. The first-order valence-electron chi connectivity index (χ1n) is 9.12. The molecular weight excluding hydrogens is 396 g/mol. The van der Waals surface area contributed by atoms with E-state index in [1.165, 1.54) is 10.4 Å². The van der Waals surface area contributed by atoms with Crippen molar-refractivity contribution >= 4 is 33.6 Å². The molecule has 0 heterocycles. The molecule has 0 aliphatic carbocycles. The van der Waals surface area contributed by atoms with Crippen molar-refractivity contribution in [2.45, 2.75) is 31.7 Å². The lowest BCUT2D eigenvalue weighted by Crippen LogP contribution is -2.30. The number of benzene rings is 2. The van der Waals surface area contributed by atoms with Crippen molar-refractivity contribution in [3.05, 3.63) is 70.8 Å². The zero-order valence-corrected chi connectivity index (χ0v) is 17.8. The normalized spacial score (nSPS) is 13.0. The van der Waals surface area contributed by atoms with E-state index in [0.717, 1.165) is 11.1 Å². The van der Waals surface area contributed by atoms with Gasteiger partial charge in [-0.05, 0) is 48.4 Å². The molecule has 150 valence electrons. The summed E-state index contributed by atoms with van der Waals surface area (Å²) >= 11 is 5.87. The first-order chi connectivity index (χ1) is 13.3. The van der Waals surface area contributed by atoms with Gasteiger partial charge in [-0.15, -0.1) is 0 Å². The van der Waals surface area contributed by atoms with Gasteiger partial charge in [-0.3, -0.25) is 4.79 Å². The first kappa shape index (κ1) is 22.1. The number of hydrogen-bond donors (Lipinski definition) is 1. The van der Waals surface area contributed by atoms with Gasteiger partial charge in [0.1, 0.15) is 0 Å². The maximum absolute atomic E-state index is 12.5. The molecule has 0 saturated heterocycles. The molecule has 0 spiro atoms. The molecule has 5 nitrogen and oxygen atoms in total. The van der Waals surface area contributed by atoms with Gasteiger partial charge in [-0.1, -0.05) is 49.7 Å². The van der Waals surface area contributed by atoms with E-state index in [0.29, 0.717) is 18.1 Å². The summed E-state index contributed by atoms with van der Waals surface area (Å²) in [6, 6.07) is 13.6. The largest absolute Gasteiger partial charge is 0.346 e. The van der Waals surface area contributed by atoms with Gasteiger partial charge in [0, 0.05) is 24.2 Å². The van der Waals surface area contributed by atoms with Crippen LogP contribution in [0.15, 0.2) is 59.5 Å². The second kappa shape index (κ2) is 9.87. The molecule has 0 aliphatic heterocycles. The fourth-order valence-electron chi connectivity index (χ4n) is 2.73. The van der Waals surface area contributed by atoms with Crippen molar-refractivity contribution in [1.82, 2.24) is 9.62 Å². The van der Waals surface area contributed by atoms with Crippen LogP contribution in [-0.4, -0.2) is 31.7 Å². The molecular formula is C21H25ClN2O3S. The van der Waals surface area contributed by atoms with Crippen LogP contribution in [0, 0.1) is 0 Å². The molecule has 2 aromatic carbocycles. The Morgan fingerprint density at radius 3 is 2.18 bits per heavy atom. The number of carbonyl (C=O) groups is 1. The van der Waals surface area contributed by atoms with Crippen molar-refractivity contribution in [3.63, 3.8) is 0 Å². The number of rotatable bonds is 8. The summed E-state index contributed by atoms with van der Waals surface area (Å²) in [5.74, 6) is -0.234. The van der Waals surface area contributed by atoms with Gasteiger partial charge in [0.2, 0.25) is 15.9 Å². The average Bonchev–Trinajstić information content (AvgIpc) is 2.68. The molecule has 2 aromatic rings. The highest BCUT2D eigenvalue weighted by atomic mass is 35.5. The Balaban J connectivity index is 2.02. The number of nitrogens with zero attached hydrogens (tertiary/aromatic N) is 1. The molecule has 1 amide bonds. The number of nitrogens with one attached hydrogen (secondary N) is 1. The van der Waals surface area contributed by atoms with Gasteiger partial charge in [0.25, 0.3) is 0 Å². The lowest BCUT2D eigenvalue weighted by Gasteiger charge is -2.18. The van der Waals surface area contributed by atoms with Gasteiger partial charge in [-0.2, -0.15) is 4.31 Å². The highest BCUT2D eigenvalue weighted by Crippen LogP contribution is 2.18. The van der Waals surface area contributed by atoms with Gasteiger partial charge in [-0.25, -0.2) is 8.42 Å². The highest BCUT2D eigenvalue weighted by molar-refractivity contribution is 7.89. The molecule has 1 N–H and O–H groups in total. The van der Waals surface area contributed by atoms with E-state index < -0.39 is 10.0 Å². The number of halogens is 1. The molecule has 0 aliphatic rings. The Labute approximate surface area is 172 Å². The molecule has 1 atom stereocenters. The quantitative estimate of drug-likeness (QED) is 0.649. The average molecular weight is 421 g/mol. The topological polar surface area (TPSA) is 66.5 Å². The molecule has 0 aromatic heterocycles. The summed E-state index contributed by atoms with van der Waals surface area (Å²) in [5.41, 5.74) is 1.70. The van der Waals surface area contributed by atoms with Gasteiger partial charge >= 0.3 is 0 Å². The third kappa shape index (κ3) is 5.67. The number of amides is 1. The fourth-order valence-corrected chi connectivity index (χ4v) is 4.32. The highest BCUT2D eigenvalue weighted by Gasteiger charge is 2.20. The minimum Gasteiger partial charge on any atom is -0.346 e. The van der Waals surface area contributed by atoms with Gasteiger partial charge in [0.05, 0.1) is 10.9 Å². The Bertz CT molecular complexity index is 919. The van der Waals surface area contributed by atoms with Crippen LogP contribution in [0.5, 0.6) is 0 Å². The van der Waals surface area contributed by atoms with E-state index >= 15 is 0 Å². The molecule has 0 saturated carbocycles. The fraction of sp³-hybridized carbons (Fsp3) is 0.286.